The van der Waals surface area contributed by atoms with Crippen molar-refractivity contribution < 1.29 is 18.8 Å². The Morgan fingerprint density at radius 1 is 1.41 bits per heavy atom. The molecule has 2 heterocycles. The minimum atomic E-state index is -0.466. The summed E-state index contributed by atoms with van der Waals surface area (Å²) in [5, 5.41) is 6.36. The van der Waals surface area contributed by atoms with E-state index in [1.807, 2.05) is 38.1 Å². The number of ether oxygens (including phenoxy) is 1. The number of nitrogens with zero attached hydrogens (tertiary/aromatic N) is 2. The van der Waals surface area contributed by atoms with Gasteiger partial charge in [-0.3, -0.25) is 10.1 Å². The number of benzene rings is 1. The minimum absolute atomic E-state index is 0.159. The molecule has 3 rings (SSSR count). The first-order valence-corrected chi connectivity index (χ1v) is 11.4. The Morgan fingerprint density at radius 2 is 2.17 bits per heavy atom. The van der Waals surface area contributed by atoms with E-state index < -0.39 is 11.0 Å². The van der Waals surface area contributed by atoms with Crippen molar-refractivity contribution in [3.05, 3.63) is 41.2 Å². The van der Waals surface area contributed by atoms with Crippen molar-refractivity contribution in [1.29, 1.82) is 0 Å². The standard InChI is InChI=1S/C18H20FN3O3S2.C2H6/c1-2-26-14-5-3-12(4-6-14)9-15(22-25-13-7-8-24-11-13)17(23)21-18-20-10-16(19)27-18;1-2/h3-6,10,13H,2,7-9,11H2,1H3,(H,20,21,23);1-2H3/b22-15+;/t13-;/m1./s1. The Hall–Kier alpha value is -1.97. The zero-order valence-corrected chi connectivity index (χ0v) is 18.4. The molecule has 0 aliphatic carbocycles. The molecule has 1 aliphatic heterocycles. The summed E-state index contributed by atoms with van der Waals surface area (Å²) in [6.07, 6.45) is 1.94. The summed E-state index contributed by atoms with van der Waals surface area (Å²) in [4.78, 5) is 23.0. The summed E-state index contributed by atoms with van der Waals surface area (Å²) in [5.41, 5.74) is 1.13. The summed E-state index contributed by atoms with van der Waals surface area (Å²) in [5.74, 6) is 0.533. The second kappa shape index (κ2) is 12.6. The Balaban J connectivity index is 0.00000145. The van der Waals surface area contributed by atoms with E-state index in [1.54, 1.807) is 11.8 Å². The van der Waals surface area contributed by atoms with Crippen molar-refractivity contribution in [3.8, 4) is 0 Å². The van der Waals surface area contributed by atoms with Gasteiger partial charge in [0, 0.05) is 17.7 Å². The Labute approximate surface area is 178 Å². The van der Waals surface area contributed by atoms with Crippen LogP contribution in [0.1, 0.15) is 32.8 Å². The van der Waals surface area contributed by atoms with E-state index in [2.05, 4.69) is 22.4 Å². The molecule has 6 nitrogen and oxygen atoms in total. The van der Waals surface area contributed by atoms with Gasteiger partial charge in [0.05, 0.1) is 19.4 Å². The maximum Gasteiger partial charge on any atom is 0.275 e. The van der Waals surface area contributed by atoms with Crippen LogP contribution in [-0.2, 0) is 20.8 Å². The van der Waals surface area contributed by atoms with Gasteiger partial charge in [-0.15, -0.1) is 11.8 Å². The number of aromatic nitrogens is 1. The van der Waals surface area contributed by atoms with Crippen molar-refractivity contribution in [1.82, 2.24) is 4.98 Å². The first-order chi connectivity index (χ1) is 14.1. The molecule has 1 aromatic heterocycles. The van der Waals surface area contributed by atoms with Crippen LogP contribution in [0.25, 0.3) is 0 Å². The highest BCUT2D eigenvalue weighted by Crippen LogP contribution is 2.19. The lowest BCUT2D eigenvalue weighted by Gasteiger charge is -2.10. The molecule has 1 saturated heterocycles. The van der Waals surface area contributed by atoms with E-state index in [0.717, 1.165) is 35.3 Å². The molecule has 9 heteroatoms. The molecule has 0 bridgehead atoms. The summed E-state index contributed by atoms with van der Waals surface area (Å²) in [6, 6.07) is 7.95. The van der Waals surface area contributed by atoms with Gasteiger partial charge in [0.1, 0.15) is 5.71 Å². The molecule has 158 valence electrons. The Kier molecular flexibility index (Phi) is 10.1. The van der Waals surface area contributed by atoms with Crippen LogP contribution in [0, 0.1) is 5.13 Å². The number of carbonyl (C=O) groups excluding carboxylic acids is 1. The number of anilines is 1. The zero-order chi connectivity index (χ0) is 21.1. The number of halogens is 1. The van der Waals surface area contributed by atoms with Crippen LogP contribution < -0.4 is 5.32 Å². The van der Waals surface area contributed by atoms with Gasteiger partial charge < -0.3 is 9.57 Å². The van der Waals surface area contributed by atoms with Crippen LogP contribution in [0.5, 0.6) is 0 Å². The van der Waals surface area contributed by atoms with Gasteiger partial charge in [0.25, 0.3) is 5.91 Å². The van der Waals surface area contributed by atoms with Gasteiger partial charge in [-0.05, 0) is 23.4 Å². The molecule has 1 aromatic carbocycles. The SMILES string of the molecule is CC.CCSc1ccc(C/C(=N\O[C@@H]2CCOC2)C(=O)Nc2ncc(F)s2)cc1. The lowest BCUT2D eigenvalue weighted by atomic mass is 10.1. The predicted molar refractivity (Wildman–Crippen MR) is 116 cm³/mol. The third-order valence-electron chi connectivity index (χ3n) is 3.77. The molecule has 2 aromatic rings. The number of nitrogens with one attached hydrogen (secondary N) is 1. The zero-order valence-electron chi connectivity index (χ0n) is 16.8. The topological polar surface area (TPSA) is 72.8 Å². The molecule has 1 fully saturated rings. The highest BCUT2D eigenvalue weighted by molar-refractivity contribution is 7.99. The summed E-state index contributed by atoms with van der Waals surface area (Å²) in [6.45, 7) is 7.18. The summed E-state index contributed by atoms with van der Waals surface area (Å²) in [7, 11) is 0. The maximum absolute atomic E-state index is 13.1. The highest BCUT2D eigenvalue weighted by Gasteiger charge is 2.20. The first-order valence-electron chi connectivity index (χ1n) is 9.59. The second-order valence-electron chi connectivity index (χ2n) is 5.81. The van der Waals surface area contributed by atoms with Crippen molar-refractivity contribution in [2.45, 2.75) is 44.6 Å². The van der Waals surface area contributed by atoms with Crippen LogP contribution >= 0.6 is 23.1 Å². The number of hydrogen-bond donors (Lipinski definition) is 1. The van der Waals surface area contributed by atoms with Crippen LogP contribution in [0.4, 0.5) is 9.52 Å². The van der Waals surface area contributed by atoms with Crippen molar-refractivity contribution in [2.75, 3.05) is 24.3 Å². The number of oxime groups is 1. The van der Waals surface area contributed by atoms with E-state index in [-0.39, 0.29) is 16.9 Å². The number of thiazole rings is 1. The highest BCUT2D eigenvalue weighted by atomic mass is 32.2. The summed E-state index contributed by atoms with van der Waals surface area (Å²) < 4.78 is 18.4. The fraction of sp³-hybridized carbons (Fsp3) is 0.450. The number of thioether (sulfide) groups is 1. The lowest BCUT2D eigenvalue weighted by Crippen LogP contribution is -2.26. The van der Waals surface area contributed by atoms with Gasteiger partial charge in [0.2, 0.25) is 0 Å². The number of amides is 1. The Morgan fingerprint density at radius 3 is 2.76 bits per heavy atom. The number of carbonyl (C=O) groups is 1. The fourth-order valence-electron chi connectivity index (χ4n) is 2.43. The van der Waals surface area contributed by atoms with E-state index in [4.69, 9.17) is 9.57 Å². The third kappa shape index (κ3) is 7.75. The Bertz CT molecular complexity index is 791. The third-order valence-corrected chi connectivity index (χ3v) is 5.36. The molecule has 1 amide bonds. The van der Waals surface area contributed by atoms with Crippen LogP contribution in [-0.4, -0.2) is 41.7 Å². The largest absolute Gasteiger partial charge is 0.390 e. The van der Waals surface area contributed by atoms with E-state index in [9.17, 15) is 9.18 Å². The van der Waals surface area contributed by atoms with E-state index in [0.29, 0.717) is 19.6 Å². The molecule has 0 radical (unpaired) electrons. The first kappa shape index (κ1) is 23.3. The molecule has 1 atom stereocenters. The smallest absolute Gasteiger partial charge is 0.275 e. The van der Waals surface area contributed by atoms with Crippen molar-refractivity contribution in [3.63, 3.8) is 0 Å². The predicted octanol–water partition coefficient (Wildman–Crippen LogP) is 4.76. The van der Waals surface area contributed by atoms with Gasteiger partial charge >= 0.3 is 0 Å². The molecule has 29 heavy (non-hydrogen) atoms. The molecule has 1 N–H and O–H groups in total. The average molecular weight is 440 g/mol. The van der Waals surface area contributed by atoms with E-state index in [1.165, 1.54) is 4.90 Å². The van der Waals surface area contributed by atoms with Crippen molar-refractivity contribution in [2.24, 2.45) is 5.16 Å². The average Bonchev–Trinajstić information content (AvgIpc) is 3.40. The summed E-state index contributed by atoms with van der Waals surface area (Å²) >= 11 is 2.51. The van der Waals surface area contributed by atoms with Crippen molar-refractivity contribution >= 4 is 39.8 Å². The van der Waals surface area contributed by atoms with Gasteiger partial charge in [0.15, 0.2) is 16.4 Å². The number of rotatable bonds is 8. The molecule has 0 spiro atoms. The minimum Gasteiger partial charge on any atom is -0.390 e. The normalized spacial score (nSPS) is 16.1. The van der Waals surface area contributed by atoms with Gasteiger partial charge in [-0.2, -0.15) is 4.39 Å². The molecular weight excluding hydrogens is 413 g/mol. The van der Waals surface area contributed by atoms with Crippen LogP contribution in [0.2, 0.25) is 0 Å². The maximum atomic E-state index is 13.1. The lowest BCUT2D eigenvalue weighted by molar-refractivity contribution is -0.110. The van der Waals surface area contributed by atoms with E-state index >= 15 is 0 Å². The number of hydrogen-bond acceptors (Lipinski definition) is 7. The molecule has 0 saturated carbocycles. The molecule has 0 unspecified atom stereocenters. The fourth-order valence-corrected chi connectivity index (χ4v) is 3.63. The molecule has 1 aliphatic rings. The van der Waals surface area contributed by atoms with Crippen LogP contribution in [0.15, 0.2) is 40.5 Å². The second-order valence-corrected chi connectivity index (χ2v) is 8.12. The van der Waals surface area contributed by atoms with Crippen LogP contribution in [0.3, 0.4) is 0 Å². The molecular formula is C20H26FN3O3S2. The van der Waals surface area contributed by atoms with Gasteiger partial charge in [-0.25, -0.2) is 4.98 Å². The monoisotopic (exact) mass is 439 g/mol. The van der Waals surface area contributed by atoms with Gasteiger partial charge in [-0.1, -0.05) is 49.4 Å². The quantitative estimate of drug-likeness (QED) is 0.365.